The average Bonchev–Trinajstić information content (AvgIpc) is 2.79. The fourth-order valence-corrected chi connectivity index (χ4v) is 4.93. The molecule has 2 fully saturated rings. The van der Waals surface area contributed by atoms with Crippen LogP contribution in [0.15, 0.2) is 4.99 Å². The Kier molecular flexibility index (Phi) is 6.33. The van der Waals surface area contributed by atoms with E-state index in [9.17, 15) is 8.42 Å². The second-order valence-electron chi connectivity index (χ2n) is 6.30. The molecular weight excluding hydrogens is 286 g/mol. The van der Waals surface area contributed by atoms with Crippen LogP contribution in [0.4, 0.5) is 0 Å². The molecule has 122 valence electrons. The van der Waals surface area contributed by atoms with Crippen molar-refractivity contribution in [2.75, 3.05) is 24.6 Å². The SMILES string of the molecule is CCNC(=NCCC1CCCCC1)NC1CCS(=O)(=O)C1. The summed E-state index contributed by atoms with van der Waals surface area (Å²) in [5, 5.41) is 6.49. The van der Waals surface area contributed by atoms with Crippen LogP contribution in [0.5, 0.6) is 0 Å². The van der Waals surface area contributed by atoms with Gasteiger partial charge in [-0.2, -0.15) is 0 Å². The minimum Gasteiger partial charge on any atom is -0.357 e. The molecule has 0 bridgehead atoms. The zero-order chi connectivity index (χ0) is 15.1. The van der Waals surface area contributed by atoms with Crippen molar-refractivity contribution < 1.29 is 8.42 Å². The van der Waals surface area contributed by atoms with E-state index in [-0.39, 0.29) is 11.8 Å². The molecule has 1 saturated heterocycles. The van der Waals surface area contributed by atoms with E-state index in [0.717, 1.165) is 31.4 Å². The summed E-state index contributed by atoms with van der Waals surface area (Å²) in [7, 11) is -2.84. The Morgan fingerprint density at radius 2 is 1.95 bits per heavy atom. The zero-order valence-electron chi connectivity index (χ0n) is 13.1. The minimum atomic E-state index is -2.84. The summed E-state index contributed by atoms with van der Waals surface area (Å²) >= 11 is 0. The lowest BCUT2D eigenvalue weighted by Crippen LogP contribution is -2.44. The first-order valence-corrected chi connectivity index (χ1v) is 10.2. The molecule has 21 heavy (non-hydrogen) atoms. The van der Waals surface area contributed by atoms with Crippen molar-refractivity contribution in [2.45, 2.75) is 57.9 Å². The predicted molar refractivity (Wildman–Crippen MR) is 87.4 cm³/mol. The fraction of sp³-hybridized carbons (Fsp3) is 0.933. The van der Waals surface area contributed by atoms with E-state index >= 15 is 0 Å². The molecule has 0 radical (unpaired) electrons. The van der Waals surface area contributed by atoms with Crippen LogP contribution >= 0.6 is 0 Å². The highest BCUT2D eigenvalue weighted by Crippen LogP contribution is 2.26. The van der Waals surface area contributed by atoms with Crippen LogP contribution in [-0.4, -0.2) is 45.0 Å². The van der Waals surface area contributed by atoms with E-state index in [2.05, 4.69) is 15.6 Å². The van der Waals surface area contributed by atoms with Crippen LogP contribution < -0.4 is 10.6 Å². The van der Waals surface area contributed by atoms with Gasteiger partial charge in [-0.25, -0.2) is 8.42 Å². The number of hydrogen-bond acceptors (Lipinski definition) is 3. The van der Waals surface area contributed by atoms with Crippen molar-refractivity contribution in [3.63, 3.8) is 0 Å². The van der Waals surface area contributed by atoms with Gasteiger partial charge in [-0.3, -0.25) is 4.99 Å². The normalized spacial score (nSPS) is 26.7. The van der Waals surface area contributed by atoms with Gasteiger partial charge in [0.2, 0.25) is 0 Å². The monoisotopic (exact) mass is 315 g/mol. The number of rotatable bonds is 5. The van der Waals surface area contributed by atoms with Gasteiger partial charge in [-0.15, -0.1) is 0 Å². The lowest BCUT2D eigenvalue weighted by Gasteiger charge is -2.21. The number of aliphatic imine (C=N–C) groups is 1. The van der Waals surface area contributed by atoms with Crippen LogP contribution in [0.1, 0.15) is 51.9 Å². The van der Waals surface area contributed by atoms with Crippen molar-refractivity contribution in [1.29, 1.82) is 0 Å². The molecule has 2 aliphatic rings. The zero-order valence-corrected chi connectivity index (χ0v) is 13.9. The third kappa shape index (κ3) is 5.85. The predicted octanol–water partition coefficient (Wildman–Crippen LogP) is 1.70. The lowest BCUT2D eigenvalue weighted by atomic mass is 9.87. The number of nitrogens with zero attached hydrogens (tertiary/aromatic N) is 1. The second-order valence-corrected chi connectivity index (χ2v) is 8.53. The molecule has 1 aliphatic carbocycles. The topological polar surface area (TPSA) is 70.6 Å². The molecule has 0 spiro atoms. The molecule has 1 saturated carbocycles. The molecule has 1 aliphatic heterocycles. The standard InChI is InChI=1S/C15H29N3O2S/c1-2-16-15(18-14-9-11-21(19,20)12-14)17-10-8-13-6-4-3-5-7-13/h13-14H,2-12H2,1H3,(H2,16,17,18). The van der Waals surface area contributed by atoms with Crippen LogP contribution in [-0.2, 0) is 9.84 Å². The molecule has 1 heterocycles. The van der Waals surface area contributed by atoms with Crippen molar-refractivity contribution in [1.82, 2.24) is 10.6 Å². The maximum absolute atomic E-state index is 11.5. The molecule has 2 rings (SSSR count). The number of nitrogens with one attached hydrogen (secondary N) is 2. The highest BCUT2D eigenvalue weighted by atomic mass is 32.2. The van der Waals surface area contributed by atoms with Gasteiger partial charge in [0.15, 0.2) is 15.8 Å². The Labute approximate surface area is 128 Å². The summed E-state index contributed by atoms with van der Waals surface area (Å²) < 4.78 is 23.0. The summed E-state index contributed by atoms with van der Waals surface area (Å²) in [5.41, 5.74) is 0. The van der Waals surface area contributed by atoms with E-state index in [1.165, 1.54) is 32.1 Å². The molecule has 1 atom stereocenters. The first-order valence-electron chi connectivity index (χ1n) is 8.34. The summed E-state index contributed by atoms with van der Waals surface area (Å²) in [4.78, 5) is 4.62. The van der Waals surface area contributed by atoms with E-state index in [1.54, 1.807) is 0 Å². The van der Waals surface area contributed by atoms with Crippen LogP contribution in [0.2, 0.25) is 0 Å². The second kappa shape index (κ2) is 8.01. The molecular formula is C15H29N3O2S. The molecule has 0 amide bonds. The molecule has 2 N–H and O–H groups in total. The van der Waals surface area contributed by atoms with Gasteiger partial charge >= 0.3 is 0 Å². The minimum absolute atomic E-state index is 0.0162. The average molecular weight is 315 g/mol. The summed E-state index contributed by atoms with van der Waals surface area (Å²) in [6.07, 6.45) is 8.66. The van der Waals surface area contributed by atoms with E-state index in [1.807, 2.05) is 6.92 Å². The summed E-state index contributed by atoms with van der Waals surface area (Å²) in [5.74, 6) is 2.14. The van der Waals surface area contributed by atoms with Crippen molar-refractivity contribution in [2.24, 2.45) is 10.9 Å². The van der Waals surface area contributed by atoms with Crippen molar-refractivity contribution in [3.05, 3.63) is 0 Å². The lowest BCUT2D eigenvalue weighted by molar-refractivity contribution is 0.343. The smallest absolute Gasteiger partial charge is 0.191 e. The highest BCUT2D eigenvalue weighted by Gasteiger charge is 2.28. The maximum atomic E-state index is 11.5. The third-order valence-electron chi connectivity index (χ3n) is 4.45. The summed E-state index contributed by atoms with van der Waals surface area (Å²) in [6, 6.07) is 0.0162. The van der Waals surface area contributed by atoms with Gasteiger partial charge < -0.3 is 10.6 Å². The van der Waals surface area contributed by atoms with Gasteiger partial charge in [0.1, 0.15) is 0 Å². The van der Waals surface area contributed by atoms with Gasteiger partial charge in [-0.05, 0) is 25.7 Å². The number of sulfone groups is 1. The number of hydrogen-bond donors (Lipinski definition) is 2. The Morgan fingerprint density at radius 1 is 1.19 bits per heavy atom. The van der Waals surface area contributed by atoms with E-state index < -0.39 is 9.84 Å². The van der Waals surface area contributed by atoms with E-state index in [4.69, 9.17) is 0 Å². The third-order valence-corrected chi connectivity index (χ3v) is 6.22. The van der Waals surface area contributed by atoms with Gasteiger partial charge in [0.05, 0.1) is 11.5 Å². The first kappa shape index (κ1) is 16.6. The van der Waals surface area contributed by atoms with E-state index in [0.29, 0.717) is 12.2 Å². The summed E-state index contributed by atoms with van der Waals surface area (Å²) in [6.45, 7) is 3.66. The van der Waals surface area contributed by atoms with Crippen LogP contribution in [0.25, 0.3) is 0 Å². The van der Waals surface area contributed by atoms with Gasteiger partial charge in [0.25, 0.3) is 0 Å². The Morgan fingerprint density at radius 3 is 2.57 bits per heavy atom. The highest BCUT2D eigenvalue weighted by molar-refractivity contribution is 7.91. The van der Waals surface area contributed by atoms with Gasteiger partial charge in [-0.1, -0.05) is 32.1 Å². The molecule has 1 unspecified atom stereocenters. The van der Waals surface area contributed by atoms with Crippen molar-refractivity contribution in [3.8, 4) is 0 Å². The van der Waals surface area contributed by atoms with Crippen molar-refractivity contribution >= 4 is 15.8 Å². The molecule has 0 aromatic rings. The van der Waals surface area contributed by atoms with Crippen LogP contribution in [0, 0.1) is 5.92 Å². The maximum Gasteiger partial charge on any atom is 0.191 e. The number of guanidine groups is 1. The molecule has 5 nitrogen and oxygen atoms in total. The molecule has 0 aromatic heterocycles. The molecule has 0 aromatic carbocycles. The first-order chi connectivity index (χ1) is 10.1. The quantitative estimate of drug-likeness (QED) is 0.598. The Bertz CT molecular complexity index is 442. The van der Waals surface area contributed by atoms with Crippen LogP contribution in [0.3, 0.4) is 0 Å². The van der Waals surface area contributed by atoms with Gasteiger partial charge in [0, 0.05) is 19.1 Å². The Balaban J connectivity index is 1.78. The fourth-order valence-electron chi connectivity index (χ4n) is 3.26. The Hall–Kier alpha value is -0.780. The largest absolute Gasteiger partial charge is 0.357 e. The molecule has 6 heteroatoms.